The largest absolute Gasteiger partial charge is 0.347 e. The molecule has 1 N–H and O–H groups in total. The summed E-state index contributed by atoms with van der Waals surface area (Å²) < 4.78 is 11.4. The van der Waals surface area contributed by atoms with Crippen molar-refractivity contribution in [2.45, 2.75) is 43.9 Å². The van der Waals surface area contributed by atoms with Crippen molar-refractivity contribution >= 4 is 5.78 Å². The number of carbonyl (C=O) groups excluding carboxylic acids is 1. The van der Waals surface area contributed by atoms with Crippen molar-refractivity contribution in [3.8, 4) is 0 Å². The lowest BCUT2D eigenvalue weighted by atomic mass is 9.79. The molecule has 0 aromatic rings. The van der Waals surface area contributed by atoms with Gasteiger partial charge in [0.2, 0.25) is 0 Å². The third-order valence-electron chi connectivity index (χ3n) is 4.09. The van der Waals surface area contributed by atoms with Gasteiger partial charge in [-0.3, -0.25) is 4.79 Å². The molecule has 2 unspecified atom stereocenters. The molecule has 2 aliphatic heterocycles. The normalized spacial score (nSPS) is 38.4. The van der Waals surface area contributed by atoms with Gasteiger partial charge in [-0.2, -0.15) is 0 Å². The zero-order valence-corrected chi connectivity index (χ0v) is 9.54. The van der Waals surface area contributed by atoms with E-state index in [2.05, 4.69) is 5.32 Å². The first-order valence-electron chi connectivity index (χ1n) is 6.33. The molecule has 16 heavy (non-hydrogen) atoms. The highest BCUT2D eigenvalue weighted by atomic mass is 16.7. The molecule has 1 spiro atoms. The average molecular weight is 225 g/mol. The molecule has 3 aliphatic rings. The Balaban J connectivity index is 1.73. The van der Waals surface area contributed by atoms with Crippen LogP contribution in [0.1, 0.15) is 32.1 Å². The highest BCUT2D eigenvalue weighted by Gasteiger charge is 2.47. The first-order valence-corrected chi connectivity index (χ1v) is 6.33. The van der Waals surface area contributed by atoms with Gasteiger partial charge < -0.3 is 14.8 Å². The van der Waals surface area contributed by atoms with E-state index >= 15 is 0 Å². The fourth-order valence-corrected chi connectivity index (χ4v) is 3.23. The van der Waals surface area contributed by atoms with Gasteiger partial charge in [-0.05, 0) is 19.4 Å². The minimum atomic E-state index is -0.428. The quantitative estimate of drug-likeness (QED) is 0.718. The molecule has 0 radical (unpaired) electrons. The van der Waals surface area contributed by atoms with Gasteiger partial charge in [0, 0.05) is 31.2 Å². The van der Waals surface area contributed by atoms with E-state index in [1.165, 1.54) is 6.42 Å². The van der Waals surface area contributed by atoms with E-state index in [0.717, 1.165) is 25.8 Å². The Labute approximate surface area is 95.7 Å². The maximum atomic E-state index is 12.0. The fraction of sp³-hybridized carbons (Fsp3) is 0.917. The van der Waals surface area contributed by atoms with E-state index in [1.807, 2.05) is 0 Å². The van der Waals surface area contributed by atoms with E-state index in [0.29, 0.717) is 31.5 Å². The van der Waals surface area contributed by atoms with E-state index in [9.17, 15) is 4.79 Å². The molecular weight excluding hydrogens is 206 g/mol. The number of hydrogen-bond acceptors (Lipinski definition) is 4. The van der Waals surface area contributed by atoms with Crippen LogP contribution in [0.25, 0.3) is 0 Å². The monoisotopic (exact) mass is 225 g/mol. The number of ether oxygens (including phenoxy) is 2. The van der Waals surface area contributed by atoms with Crippen molar-refractivity contribution in [1.82, 2.24) is 5.32 Å². The molecule has 2 heterocycles. The van der Waals surface area contributed by atoms with Crippen LogP contribution < -0.4 is 5.32 Å². The van der Waals surface area contributed by atoms with Crippen LogP contribution >= 0.6 is 0 Å². The number of nitrogens with one attached hydrogen (secondary N) is 1. The number of Topliss-reactive ketones (excluding diaryl/α,β-unsaturated/α-hetero) is 1. The van der Waals surface area contributed by atoms with Crippen molar-refractivity contribution < 1.29 is 14.3 Å². The first-order chi connectivity index (χ1) is 7.79. The molecule has 4 nitrogen and oxygen atoms in total. The Morgan fingerprint density at radius 3 is 2.81 bits per heavy atom. The molecular formula is C12H19NO3. The first kappa shape index (κ1) is 10.7. The molecule has 90 valence electrons. The molecule has 2 saturated heterocycles. The smallest absolute Gasteiger partial charge is 0.169 e. The van der Waals surface area contributed by atoms with Gasteiger partial charge in [0.15, 0.2) is 5.79 Å². The molecule has 2 atom stereocenters. The van der Waals surface area contributed by atoms with Gasteiger partial charge in [-0.25, -0.2) is 0 Å². The second-order valence-electron chi connectivity index (χ2n) is 5.09. The zero-order valence-electron chi connectivity index (χ0n) is 9.54. The molecule has 3 fully saturated rings. The standard InChI is InChI=1S/C12H19NO3/c14-11-3-4-12(15-6-7-16-12)8-9(11)10-2-1-5-13-10/h9-10,13H,1-8H2. The van der Waals surface area contributed by atoms with E-state index in [-0.39, 0.29) is 5.92 Å². The molecule has 0 amide bonds. The van der Waals surface area contributed by atoms with Gasteiger partial charge in [0.05, 0.1) is 13.2 Å². The van der Waals surface area contributed by atoms with Crippen LogP contribution in [0.2, 0.25) is 0 Å². The number of rotatable bonds is 1. The predicted octanol–water partition coefficient (Wildman–Crippen LogP) is 0.851. The zero-order chi connectivity index (χ0) is 11.0. The summed E-state index contributed by atoms with van der Waals surface area (Å²) in [6, 6.07) is 0.359. The maximum absolute atomic E-state index is 12.0. The van der Waals surface area contributed by atoms with Gasteiger partial charge in [0.1, 0.15) is 5.78 Å². The Morgan fingerprint density at radius 2 is 2.12 bits per heavy atom. The highest BCUT2D eigenvalue weighted by Crippen LogP contribution is 2.39. The van der Waals surface area contributed by atoms with Crippen molar-refractivity contribution in [2.75, 3.05) is 19.8 Å². The lowest BCUT2D eigenvalue weighted by molar-refractivity contribution is -0.190. The van der Waals surface area contributed by atoms with E-state index < -0.39 is 5.79 Å². The molecule has 3 rings (SSSR count). The third kappa shape index (κ3) is 1.79. The van der Waals surface area contributed by atoms with E-state index in [4.69, 9.17) is 9.47 Å². The summed E-state index contributed by atoms with van der Waals surface area (Å²) in [4.78, 5) is 12.0. The van der Waals surface area contributed by atoms with Gasteiger partial charge in [0.25, 0.3) is 0 Å². The average Bonchev–Trinajstić information content (AvgIpc) is 2.94. The van der Waals surface area contributed by atoms with Crippen LogP contribution in [0.5, 0.6) is 0 Å². The third-order valence-corrected chi connectivity index (χ3v) is 4.09. The lowest BCUT2D eigenvalue weighted by Crippen LogP contribution is -2.47. The Kier molecular flexibility index (Phi) is 2.73. The molecule has 0 aromatic heterocycles. The van der Waals surface area contributed by atoms with Crippen molar-refractivity contribution in [2.24, 2.45) is 5.92 Å². The summed E-state index contributed by atoms with van der Waals surface area (Å²) >= 11 is 0. The van der Waals surface area contributed by atoms with Gasteiger partial charge >= 0.3 is 0 Å². The molecule has 4 heteroatoms. The summed E-state index contributed by atoms with van der Waals surface area (Å²) in [5, 5.41) is 3.43. The summed E-state index contributed by atoms with van der Waals surface area (Å²) in [5.74, 6) is 0.0709. The minimum Gasteiger partial charge on any atom is -0.347 e. The van der Waals surface area contributed by atoms with Crippen molar-refractivity contribution in [3.63, 3.8) is 0 Å². The van der Waals surface area contributed by atoms with Gasteiger partial charge in [-0.15, -0.1) is 0 Å². The SMILES string of the molecule is O=C1CCC2(CC1C1CCCN1)OCCO2. The molecule has 0 aromatic carbocycles. The second kappa shape index (κ2) is 4.09. The molecule has 1 saturated carbocycles. The minimum absolute atomic E-state index is 0.106. The van der Waals surface area contributed by atoms with Crippen LogP contribution in [0, 0.1) is 5.92 Å². The topological polar surface area (TPSA) is 47.6 Å². The fourth-order valence-electron chi connectivity index (χ4n) is 3.23. The Morgan fingerprint density at radius 1 is 1.31 bits per heavy atom. The summed E-state index contributed by atoms with van der Waals surface area (Å²) in [5.41, 5.74) is 0. The van der Waals surface area contributed by atoms with Crippen LogP contribution in [0.15, 0.2) is 0 Å². The predicted molar refractivity (Wildman–Crippen MR) is 58.0 cm³/mol. The molecule has 0 bridgehead atoms. The summed E-state index contributed by atoms with van der Waals surface area (Å²) in [6.07, 6.45) is 4.41. The van der Waals surface area contributed by atoms with Crippen LogP contribution in [0.3, 0.4) is 0 Å². The number of hydrogen-bond donors (Lipinski definition) is 1. The maximum Gasteiger partial charge on any atom is 0.169 e. The second-order valence-corrected chi connectivity index (χ2v) is 5.09. The van der Waals surface area contributed by atoms with E-state index in [1.54, 1.807) is 0 Å². The molecule has 1 aliphatic carbocycles. The number of ketones is 1. The lowest BCUT2D eigenvalue weighted by Gasteiger charge is -2.37. The van der Waals surface area contributed by atoms with Gasteiger partial charge in [-0.1, -0.05) is 0 Å². The van der Waals surface area contributed by atoms with Crippen LogP contribution in [-0.2, 0) is 14.3 Å². The Bertz CT molecular complexity index is 280. The van der Waals surface area contributed by atoms with Crippen LogP contribution in [-0.4, -0.2) is 37.4 Å². The van der Waals surface area contributed by atoms with Crippen molar-refractivity contribution in [1.29, 1.82) is 0 Å². The van der Waals surface area contributed by atoms with Crippen LogP contribution in [0.4, 0.5) is 0 Å². The number of carbonyl (C=O) groups is 1. The summed E-state index contributed by atoms with van der Waals surface area (Å²) in [6.45, 7) is 2.40. The highest BCUT2D eigenvalue weighted by molar-refractivity contribution is 5.82. The Hall–Kier alpha value is -0.450. The summed E-state index contributed by atoms with van der Waals surface area (Å²) in [7, 11) is 0. The van der Waals surface area contributed by atoms with Crippen molar-refractivity contribution in [3.05, 3.63) is 0 Å².